The molecule has 7 heteroatoms. The van der Waals surface area contributed by atoms with Gasteiger partial charge < -0.3 is 18.2 Å². The Morgan fingerprint density at radius 2 is 1.54 bits per heavy atom. The van der Waals surface area contributed by atoms with Crippen LogP contribution in [-0.2, 0) is 26.5 Å². The molecule has 9 aromatic rings. The number of furan rings is 1. The molecule has 0 saturated heterocycles. The third-order valence-corrected chi connectivity index (χ3v) is 7.76. The van der Waals surface area contributed by atoms with E-state index < -0.39 is 18.6 Å². The topological polar surface area (TPSA) is 78.1 Å². The fourth-order valence-corrected chi connectivity index (χ4v) is 5.84. The van der Waals surface area contributed by atoms with E-state index in [1.807, 2.05) is 51.1 Å². The summed E-state index contributed by atoms with van der Waals surface area (Å²) in [7, 11) is 0. The molecular formula is C41H31IrN3O3-2. The average Bonchev–Trinajstić information content (AvgIpc) is 3.84. The van der Waals surface area contributed by atoms with Gasteiger partial charge in [-0.15, -0.1) is 48.5 Å². The Kier molecular flexibility index (Phi) is 6.75. The molecule has 0 atom stereocenters. The van der Waals surface area contributed by atoms with Gasteiger partial charge in [0, 0.05) is 50.8 Å². The molecule has 6 nitrogen and oxygen atoms in total. The van der Waals surface area contributed by atoms with Crippen LogP contribution < -0.4 is 0 Å². The molecule has 48 heavy (non-hydrogen) atoms. The fourth-order valence-electron chi connectivity index (χ4n) is 5.84. The van der Waals surface area contributed by atoms with Gasteiger partial charge in [-0.2, -0.15) is 4.98 Å². The Balaban J connectivity index is 0.000000194. The maximum atomic E-state index is 8.70. The van der Waals surface area contributed by atoms with Crippen LogP contribution in [0.4, 0.5) is 0 Å². The number of rotatable bonds is 3. The van der Waals surface area contributed by atoms with Gasteiger partial charge in [0.1, 0.15) is 11.5 Å². The predicted octanol–water partition coefficient (Wildman–Crippen LogP) is 10.9. The SMILES string of the molecule is [2H]C([2H])([2H])c1nc2oc(-c3[c-]cccc3)nc2o1.[2H]C([2H])(c1ccnc(-c2[c-]ccc3c2oc2c3ccc3ccc4ccccc4c32)c1)C(C)(C)C.[Ir]. The van der Waals surface area contributed by atoms with E-state index in [9.17, 15) is 0 Å². The standard InChI is InChI=1S/C30H24NO.C11H7N2O2.Ir/c1-30(2,3)18-19-15-16-31-26(17-19)25-10-6-9-23-24-14-13-21-12-11-20-7-4-5-8-22(20)27(21)29(24)32-28(23)25;1-7-12-10-11(14-7)13-9(15-10)8-5-3-2-4-6-8;/h4-9,11-17H,18H2,1-3H3;2-5H,1H3;/q2*-1;/i18D2;1D3;. The van der Waals surface area contributed by atoms with E-state index in [4.69, 9.17) is 20.1 Å². The predicted molar refractivity (Wildman–Crippen MR) is 187 cm³/mol. The number of benzene rings is 5. The first-order valence-electron chi connectivity index (χ1n) is 17.7. The minimum absolute atomic E-state index is 0. The van der Waals surface area contributed by atoms with E-state index in [1.54, 1.807) is 24.4 Å². The molecule has 4 heterocycles. The molecule has 0 spiro atoms. The van der Waals surface area contributed by atoms with E-state index in [-0.39, 0.29) is 37.4 Å². The van der Waals surface area contributed by atoms with E-state index in [2.05, 4.69) is 75.6 Å². The molecular weight excluding hydrogens is 775 g/mol. The molecule has 5 aromatic carbocycles. The van der Waals surface area contributed by atoms with Crippen LogP contribution in [0.5, 0.6) is 0 Å². The van der Waals surface area contributed by atoms with Crippen LogP contribution in [0.25, 0.3) is 77.6 Å². The Morgan fingerprint density at radius 1 is 0.750 bits per heavy atom. The summed E-state index contributed by atoms with van der Waals surface area (Å²) in [4.78, 5) is 12.4. The van der Waals surface area contributed by atoms with Crippen LogP contribution in [0.2, 0.25) is 0 Å². The maximum absolute atomic E-state index is 8.70. The van der Waals surface area contributed by atoms with Gasteiger partial charge in [0.2, 0.25) is 0 Å². The van der Waals surface area contributed by atoms with Gasteiger partial charge in [-0.05, 0) is 39.7 Å². The summed E-state index contributed by atoms with van der Waals surface area (Å²) >= 11 is 0. The molecule has 0 N–H and O–H groups in total. The first kappa shape index (κ1) is 25.9. The summed E-state index contributed by atoms with van der Waals surface area (Å²) in [6, 6.07) is 37.8. The van der Waals surface area contributed by atoms with Crippen molar-refractivity contribution in [1.82, 2.24) is 15.0 Å². The second kappa shape index (κ2) is 12.5. The Morgan fingerprint density at radius 3 is 2.35 bits per heavy atom. The molecule has 1 radical (unpaired) electrons. The summed E-state index contributed by atoms with van der Waals surface area (Å²) < 4.78 is 55.9. The van der Waals surface area contributed by atoms with Crippen LogP contribution in [0, 0.1) is 24.4 Å². The molecule has 0 aliphatic carbocycles. The van der Waals surface area contributed by atoms with Gasteiger partial charge in [-0.25, -0.2) is 4.98 Å². The third-order valence-electron chi connectivity index (χ3n) is 7.76. The van der Waals surface area contributed by atoms with Gasteiger partial charge in [-0.1, -0.05) is 97.4 Å². The van der Waals surface area contributed by atoms with Crippen molar-refractivity contribution in [2.75, 3.05) is 0 Å². The number of aryl methyl sites for hydroxylation is 1. The van der Waals surface area contributed by atoms with E-state index >= 15 is 0 Å². The molecule has 0 aliphatic rings. The van der Waals surface area contributed by atoms with Crippen LogP contribution in [0.1, 0.15) is 39.1 Å². The smallest absolute Gasteiger partial charge is 0.278 e. The van der Waals surface area contributed by atoms with Crippen molar-refractivity contribution in [1.29, 1.82) is 0 Å². The molecule has 9 rings (SSSR count). The number of pyridine rings is 1. The van der Waals surface area contributed by atoms with Gasteiger partial charge in [0.25, 0.3) is 11.4 Å². The van der Waals surface area contributed by atoms with Gasteiger partial charge in [0.15, 0.2) is 5.89 Å². The zero-order chi connectivity index (χ0) is 36.4. The molecule has 0 bridgehead atoms. The van der Waals surface area contributed by atoms with Gasteiger partial charge >= 0.3 is 0 Å². The molecule has 0 aliphatic heterocycles. The monoisotopic (exact) mass is 811 g/mol. The summed E-state index contributed by atoms with van der Waals surface area (Å²) in [6.07, 6.45) is 0.161. The first-order chi connectivity index (χ1) is 24.8. The number of nitrogens with zero attached hydrogens (tertiary/aromatic N) is 3. The molecule has 4 aromatic heterocycles. The molecule has 0 amide bonds. The summed E-state index contributed by atoms with van der Waals surface area (Å²) in [6.45, 7) is 3.33. The molecule has 239 valence electrons. The summed E-state index contributed by atoms with van der Waals surface area (Å²) in [5, 5.41) is 6.62. The second-order valence-electron chi connectivity index (χ2n) is 12.3. The number of hydrogen-bond acceptors (Lipinski definition) is 6. The Hall–Kier alpha value is -5.10. The van der Waals surface area contributed by atoms with E-state index in [0.29, 0.717) is 22.7 Å². The van der Waals surface area contributed by atoms with Gasteiger partial charge in [0.05, 0.1) is 5.58 Å². The second-order valence-corrected chi connectivity index (χ2v) is 12.3. The first-order valence-corrected chi connectivity index (χ1v) is 15.2. The number of aromatic nitrogens is 3. The van der Waals surface area contributed by atoms with Crippen molar-refractivity contribution in [3.05, 3.63) is 127 Å². The fraction of sp³-hybridized carbons (Fsp3) is 0.146. The number of oxazole rings is 2. The number of fused-ring (bicyclic) bond motifs is 8. The van der Waals surface area contributed by atoms with Crippen molar-refractivity contribution in [2.45, 2.75) is 34.0 Å². The molecule has 0 unspecified atom stereocenters. The van der Waals surface area contributed by atoms with Crippen molar-refractivity contribution >= 4 is 54.9 Å². The van der Waals surface area contributed by atoms with Crippen molar-refractivity contribution in [3.63, 3.8) is 0 Å². The number of hydrogen-bond donors (Lipinski definition) is 0. The maximum Gasteiger partial charge on any atom is 0.278 e. The van der Waals surface area contributed by atoms with Crippen LogP contribution in [0.3, 0.4) is 0 Å². The minimum Gasteiger partial charge on any atom is -0.500 e. The largest absolute Gasteiger partial charge is 0.500 e. The van der Waals surface area contributed by atoms with Crippen molar-refractivity contribution in [2.24, 2.45) is 5.41 Å². The van der Waals surface area contributed by atoms with Crippen LogP contribution in [0.15, 0.2) is 117 Å². The van der Waals surface area contributed by atoms with Crippen LogP contribution in [-0.4, -0.2) is 15.0 Å². The molecule has 0 saturated carbocycles. The molecule has 0 fully saturated rings. The average molecular weight is 811 g/mol. The minimum atomic E-state index is -2.40. The van der Waals surface area contributed by atoms with Crippen molar-refractivity contribution < 1.29 is 40.2 Å². The zero-order valence-electron chi connectivity index (χ0n) is 31.2. The summed E-state index contributed by atoms with van der Waals surface area (Å²) in [5.41, 5.74) is 3.83. The van der Waals surface area contributed by atoms with Crippen LogP contribution >= 0.6 is 0 Å². The summed E-state index contributed by atoms with van der Waals surface area (Å²) in [5.74, 6) is -0.0683. The zero-order valence-corrected chi connectivity index (χ0v) is 28.6. The van der Waals surface area contributed by atoms with E-state index in [1.165, 1.54) is 5.39 Å². The Bertz CT molecular complexity index is 2730. The van der Waals surface area contributed by atoms with E-state index in [0.717, 1.165) is 43.7 Å². The van der Waals surface area contributed by atoms with Gasteiger partial charge in [-0.3, -0.25) is 0 Å². The normalized spacial score (nSPS) is 13.8. The Labute approximate surface area is 298 Å². The van der Waals surface area contributed by atoms with Crippen molar-refractivity contribution in [3.8, 4) is 22.7 Å². The quantitative estimate of drug-likeness (QED) is 0.131. The third kappa shape index (κ3) is 5.92.